The van der Waals surface area contributed by atoms with Crippen LogP contribution in [0.2, 0.25) is 0 Å². The Morgan fingerprint density at radius 1 is 1.11 bits per heavy atom. The van der Waals surface area contributed by atoms with Gasteiger partial charge in [0.1, 0.15) is 5.82 Å². The molecule has 3 heteroatoms. The third-order valence-corrected chi connectivity index (χ3v) is 3.66. The van der Waals surface area contributed by atoms with Crippen LogP contribution in [0.4, 0.5) is 4.39 Å². The Balaban J connectivity index is 2.62. The summed E-state index contributed by atoms with van der Waals surface area (Å²) in [4.78, 5) is 12.4. The molecule has 19 heavy (non-hydrogen) atoms. The Kier molecular flexibility index (Phi) is 2.63. The van der Waals surface area contributed by atoms with E-state index in [1.807, 2.05) is 31.2 Å². The molecular weight excluding hydrogens is 241 g/mol. The minimum absolute atomic E-state index is 0.0802. The molecule has 0 aliphatic heterocycles. The molecule has 0 aliphatic rings. The van der Waals surface area contributed by atoms with E-state index in [0.29, 0.717) is 22.8 Å². The van der Waals surface area contributed by atoms with Crippen molar-refractivity contribution in [2.75, 3.05) is 0 Å². The van der Waals surface area contributed by atoms with Gasteiger partial charge in [0, 0.05) is 17.8 Å². The highest BCUT2D eigenvalue weighted by molar-refractivity contribution is 6.05. The highest BCUT2D eigenvalue weighted by Gasteiger charge is 2.11. The number of aromatic nitrogens is 1. The summed E-state index contributed by atoms with van der Waals surface area (Å²) in [7, 11) is 1.75. The number of halogens is 1. The second-order valence-corrected chi connectivity index (χ2v) is 4.72. The van der Waals surface area contributed by atoms with Crippen molar-refractivity contribution in [2.45, 2.75) is 13.3 Å². The number of aryl methyl sites for hydroxylation is 2. The lowest BCUT2D eigenvalue weighted by molar-refractivity contribution is 0.614. The van der Waals surface area contributed by atoms with Gasteiger partial charge in [-0.15, -0.1) is 0 Å². The van der Waals surface area contributed by atoms with E-state index in [1.165, 1.54) is 6.07 Å². The molecule has 3 aromatic rings. The second kappa shape index (κ2) is 4.19. The van der Waals surface area contributed by atoms with Gasteiger partial charge in [0.25, 0.3) is 5.56 Å². The number of rotatable bonds is 1. The first-order valence-electron chi connectivity index (χ1n) is 6.33. The van der Waals surface area contributed by atoms with Crippen LogP contribution in [0, 0.1) is 5.82 Å². The molecule has 0 N–H and O–H groups in total. The predicted octanol–water partition coefficient (Wildman–Crippen LogP) is 3.39. The molecule has 2 nitrogen and oxygen atoms in total. The van der Waals surface area contributed by atoms with Crippen molar-refractivity contribution in [3.05, 3.63) is 58.1 Å². The van der Waals surface area contributed by atoms with Crippen LogP contribution >= 0.6 is 0 Å². The standard InChI is InChI=1S/C16H14FNO/c1-3-10-8-13-12(9-14(10)17)11-6-4-5-7-15(11)18(2)16(13)19/h4-9H,3H2,1-2H3. The zero-order chi connectivity index (χ0) is 13.6. The van der Waals surface area contributed by atoms with Gasteiger partial charge in [-0.05, 0) is 35.6 Å². The van der Waals surface area contributed by atoms with Crippen molar-refractivity contribution >= 4 is 21.7 Å². The predicted molar refractivity (Wildman–Crippen MR) is 76.0 cm³/mol. The number of fused-ring (bicyclic) bond motifs is 3. The van der Waals surface area contributed by atoms with Crippen LogP contribution < -0.4 is 5.56 Å². The number of nitrogens with zero attached hydrogens (tertiary/aromatic N) is 1. The van der Waals surface area contributed by atoms with Crippen molar-refractivity contribution < 1.29 is 4.39 Å². The van der Waals surface area contributed by atoms with E-state index < -0.39 is 0 Å². The Morgan fingerprint density at radius 3 is 2.58 bits per heavy atom. The average Bonchev–Trinajstić information content (AvgIpc) is 2.44. The van der Waals surface area contributed by atoms with Crippen molar-refractivity contribution in [3.8, 4) is 0 Å². The van der Waals surface area contributed by atoms with Gasteiger partial charge in [-0.1, -0.05) is 25.1 Å². The third kappa shape index (κ3) is 1.65. The largest absolute Gasteiger partial charge is 0.311 e. The number of para-hydroxylation sites is 1. The molecule has 1 aromatic heterocycles. The summed E-state index contributed by atoms with van der Waals surface area (Å²) in [5.74, 6) is -0.242. The van der Waals surface area contributed by atoms with Gasteiger partial charge in [-0.3, -0.25) is 4.79 Å². The van der Waals surface area contributed by atoms with Crippen LogP contribution in [0.1, 0.15) is 12.5 Å². The van der Waals surface area contributed by atoms with Crippen LogP contribution in [-0.4, -0.2) is 4.57 Å². The van der Waals surface area contributed by atoms with Crippen molar-refractivity contribution in [1.29, 1.82) is 0 Å². The van der Waals surface area contributed by atoms with Crippen LogP contribution in [-0.2, 0) is 13.5 Å². The summed E-state index contributed by atoms with van der Waals surface area (Å²) in [5, 5.41) is 2.18. The molecule has 0 unspecified atom stereocenters. The fraction of sp³-hybridized carbons (Fsp3) is 0.188. The van der Waals surface area contributed by atoms with Crippen molar-refractivity contribution in [3.63, 3.8) is 0 Å². The average molecular weight is 255 g/mol. The topological polar surface area (TPSA) is 22.0 Å². The lowest BCUT2D eigenvalue weighted by Gasteiger charge is -2.10. The molecule has 0 saturated carbocycles. The molecule has 1 heterocycles. The lowest BCUT2D eigenvalue weighted by atomic mass is 10.0. The number of hydrogen-bond donors (Lipinski definition) is 0. The van der Waals surface area contributed by atoms with Crippen molar-refractivity contribution in [1.82, 2.24) is 4.57 Å². The zero-order valence-electron chi connectivity index (χ0n) is 10.9. The molecule has 0 spiro atoms. The maximum Gasteiger partial charge on any atom is 0.258 e. The van der Waals surface area contributed by atoms with Crippen LogP contribution in [0.3, 0.4) is 0 Å². The summed E-state index contributed by atoms with van der Waals surface area (Å²) < 4.78 is 15.6. The molecule has 0 amide bonds. The Bertz CT molecular complexity index is 849. The Labute approximate surface area is 110 Å². The normalized spacial score (nSPS) is 11.3. The maximum atomic E-state index is 14.0. The summed E-state index contributed by atoms with van der Waals surface area (Å²) in [5.41, 5.74) is 1.33. The van der Waals surface area contributed by atoms with Gasteiger partial charge in [0.15, 0.2) is 0 Å². The van der Waals surface area contributed by atoms with Crippen LogP contribution in [0.15, 0.2) is 41.2 Å². The van der Waals surface area contributed by atoms with E-state index in [9.17, 15) is 9.18 Å². The Hall–Kier alpha value is -2.16. The number of hydrogen-bond acceptors (Lipinski definition) is 1. The van der Waals surface area contributed by atoms with E-state index in [1.54, 1.807) is 17.7 Å². The first kappa shape index (κ1) is 11.9. The van der Waals surface area contributed by atoms with E-state index in [-0.39, 0.29) is 11.4 Å². The minimum Gasteiger partial charge on any atom is -0.311 e. The molecule has 3 rings (SSSR count). The van der Waals surface area contributed by atoms with Gasteiger partial charge < -0.3 is 4.57 Å². The van der Waals surface area contributed by atoms with Crippen molar-refractivity contribution in [2.24, 2.45) is 7.05 Å². The molecule has 0 atom stereocenters. The van der Waals surface area contributed by atoms with E-state index in [0.717, 1.165) is 10.9 Å². The smallest absolute Gasteiger partial charge is 0.258 e. The molecule has 0 radical (unpaired) electrons. The number of pyridine rings is 1. The first-order valence-corrected chi connectivity index (χ1v) is 6.33. The van der Waals surface area contributed by atoms with E-state index in [2.05, 4.69) is 0 Å². The highest BCUT2D eigenvalue weighted by atomic mass is 19.1. The summed E-state index contributed by atoms with van der Waals surface area (Å²) in [6.45, 7) is 1.88. The molecule has 0 fully saturated rings. The molecule has 96 valence electrons. The molecule has 0 bridgehead atoms. The summed E-state index contributed by atoms with van der Waals surface area (Å²) >= 11 is 0. The van der Waals surface area contributed by atoms with Gasteiger partial charge in [0.05, 0.1) is 5.52 Å². The maximum absolute atomic E-state index is 14.0. The fourth-order valence-corrected chi connectivity index (χ4v) is 2.57. The highest BCUT2D eigenvalue weighted by Crippen LogP contribution is 2.25. The molecular formula is C16H14FNO. The monoisotopic (exact) mass is 255 g/mol. The quantitative estimate of drug-likeness (QED) is 0.611. The SMILES string of the molecule is CCc1cc2c(=O)n(C)c3ccccc3c2cc1F. The van der Waals surface area contributed by atoms with Gasteiger partial charge in [-0.25, -0.2) is 4.39 Å². The number of benzene rings is 2. The van der Waals surface area contributed by atoms with E-state index in [4.69, 9.17) is 0 Å². The lowest BCUT2D eigenvalue weighted by Crippen LogP contribution is -2.17. The van der Waals surface area contributed by atoms with Crippen LogP contribution in [0.5, 0.6) is 0 Å². The first-order chi connectivity index (χ1) is 9.13. The summed E-state index contributed by atoms with van der Waals surface area (Å²) in [6.07, 6.45) is 0.581. The minimum atomic E-state index is -0.242. The van der Waals surface area contributed by atoms with E-state index >= 15 is 0 Å². The summed E-state index contributed by atoms with van der Waals surface area (Å²) in [6, 6.07) is 10.7. The second-order valence-electron chi connectivity index (χ2n) is 4.72. The molecule has 0 saturated heterocycles. The van der Waals surface area contributed by atoms with Gasteiger partial charge in [0.2, 0.25) is 0 Å². The Morgan fingerprint density at radius 2 is 1.84 bits per heavy atom. The molecule has 0 aliphatic carbocycles. The van der Waals surface area contributed by atoms with Gasteiger partial charge in [-0.2, -0.15) is 0 Å². The fourth-order valence-electron chi connectivity index (χ4n) is 2.57. The van der Waals surface area contributed by atoms with Gasteiger partial charge >= 0.3 is 0 Å². The zero-order valence-corrected chi connectivity index (χ0v) is 10.9. The third-order valence-electron chi connectivity index (χ3n) is 3.66. The van der Waals surface area contributed by atoms with Crippen LogP contribution in [0.25, 0.3) is 21.7 Å². The molecule has 2 aromatic carbocycles.